The second kappa shape index (κ2) is 3.35. The van der Waals surface area contributed by atoms with Crippen LogP contribution < -0.4 is 0 Å². The molecule has 0 heterocycles. The van der Waals surface area contributed by atoms with Gasteiger partial charge in [0.15, 0.2) is 6.61 Å². The van der Waals surface area contributed by atoms with Gasteiger partial charge in [-0.25, -0.2) is 13.9 Å². The molecule has 0 unspecified atom stereocenters. The van der Waals surface area contributed by atoms with Gasteiger partial charge in [-0.15, -0.1) is 0 Å². The molecule has 0 saturated carbocycles. The summed E-state index contributed by atoms with van der Waals surface area (Å²) in [7, 11) is -3.01. The molecule has 0 aromatic rings. The highest BCUT2D eigenvalue weighted by atomic mass is 31.1. The zero-order valence-electron chi connectivity index (χ0n) is 3.73. The molecule has 0 atom stereocenters. The summed E-state index contributed by atoms with van der Waals surface area (Å²) in [4.78, 5) is 9.51. The lowest BCUT2D eigenvalue weighted by Gasteiger charge is -1.81. The summed E-state index contributed by atoms with van der Waals surface area (Å²) in [6.07, 6.45) is 0. The minimum atomic E-state index is -3.01. The number of hydrogen-bond acceptors (Lipinski definition) is 4. The lowest BCUT2D eigenvalue weighted by atomic mass is 10.8. The Bertz CT molecular complexity index is 139. The minimum Gasteiger partial charge on any atom is -0.480 e. The lowest BCUT2D eigenvalue weighted by molar-refractivity contribution is -0.139. The summed E-state index contributed by atoms with van der Waals surface area (Å²) in [6, 6.07) is 0. The maximum Gasteiger partial charge on any atom is 0.468 e. The van der Waals surface area contributed by atoms with Crippen LogP contribution in [0.3, 0.4) is 0 Å². The summed E-state index contributed by atoms with van der Waals surface area (Å²) >= 11 is 0. The highest BCUT2D eigenvalue weighted by Gasteiger charge is 1.97. The molecular weight excluding hydrogens is 135 g/mol. The zero-order chi connectivity index (χ0) is 6.57. The Morgan fingerprint density at radius 2 is 2.12 bits per heavy atom. The average molecular weight is 138 g/mol. The first-order valence-electron chi connectivity index (χ1n) is 1.62. The van der Waals surface area contributed by atoms with E-state index in [1.54, 1.807) is 0 Å². The molecule has 0 bridgehead atoms. The van der Waals surface area contributed by atoms with E-state index in [9.17, 15) is 13.9 Å². The highest BCUT2D eigenvalue weighted by Crippen LogP contribution is 2.02. The molecule has 0 saturated heterocycles. The highest BCUT2D eigenvalue weighted by molar-refractivity contribution is 7.24. The van der Waals surface area contributed by atoms with Crippen molar-refractivity contribution < 1.29 is 23.6 Å². The van der Waals surface area contributed by atoms with Gasteiger partial charge in [0.25, 0.3) is 0 Å². The van der Waals surface area contributed by atoms with E-state index in [4.69, 9.17) is 5.11 Å². The average Bonchev–Trinajstić information content (AvgIpc) is 1.61. The molecule has 0 fully saturated rings. The first-order chi connectivity index (χ1) is 3.63. The van der Waals surface area contributed by atoms with E-state index < -0.39 is 20.5 Å². The van der Waals surface area contributed by atoms with Crippen LogP contribution in [-0.2, 0) is 18.4 Å². The Morgan fingerprint density at radius 1 is 1.62 bits per heavy atom. The van der Waals surface area contributed by atoms with E-state index in [1.807, 2.05) is 0 Å². The Balaban J connectivity index is 3.32. The third-order valence-corrected chi connectivity index (χ3v) is 0.633. The Labute approximate surface area is 45.2 Å². The van der Waals surface area contributed by atoms with Gasteiger partial charge < -0.3 is 5.11 Å². The minimum absolute atomic E-state index is 0.793. The van der Waals surface area contributed by atoms with Gasteiger partial charge >= 0.3 is 13.9 Å². The molecule has 5 nitrogen and oxygen atoms in total. The van der Waals surface area contributed by atoms with Gasteiger partial charge in [0.1, 0.15) is 0 Å². The molecule has 0 aliphatic rings. The van der Waals surface area contributed by atoms with E-state index in [-0.39, 0.29) is 0 Å². The van der Waals surface area contributed by atoms with Crippen molar-refractivity contribution in [2.24, 2.45) is 0 Å². The summed E-state index contributed by atoms with van der Waals surface area (Å²) in [5.74, 6) is -1.30. The van der Waals surface area contributed by atoms with Crippen molar-refractivity contribution in [1.29, 1.82) is 0 Å². The summed E-state index contributed by atoms with van der Waals surface area (Å²) < 4.78 is 22.6. The van der Waals surface area contributed by atoms with Gasteiger partial charge in [-0.05, 0) is 0 Å². The van der Waals surface area contributed by atoms with Crippen LogP contribution in [0.15, 0.2) is 0 Å². The smallest absolute Gasteiger partial charge is 0.468 e. The summed E-state index contributed by atoms with van der Waals surface area (Å²) in [5.41, 5.74) is 0. The maximum absolute atomic E-state index is 9.51. The number of carboxylic acids is 1. The number of hydrogen-bond donors (Lipinski definition) is 1. The van der Waals surface area contributed by atoms with Crippen LogP contribution in [0.4, 0.5) is 0 Å². The normalized spacial score (nSPS) is 8.50. The van der Waals surface area contributed by atoms with E-state index in [0.717, 1.165) is 0 Å². The standard InChI is InChI=1S/C2H3O5P/c3-2(4)1-7-8(5)6/h1H2,(H,3,4). The van der Waals surface area contributed by atoms with E-state index in [2.05, 4.69) is 4.52 Å². The second-order valence-electron chi connectivity index (χ2n) is 0.891. The van der Waals surface area contributed by atoms with Gasteiger partial charge in [-0.1, -0.05) is 0 Å². The van der Waals surface area contributed by atoms with Crippen LogP contribution in [-0.4, -0.2) is 17.7 Å². The molecule has 0 aliphatic heterocycles. The predicted octanol–water partition coefficient (Wildman–Crippen LogP) is 0.175. The van der Waals surface area contributed by atoms with Gasteiger partial charge in [0.05, 0.1) is 0 Å². The molecule has 0 amide bonds. The molecule has 0 spiro atoms. The van der Waals surface area contributed by atoms with Gasteiger partial charge in [-0.3, -0.25) is 4.52 Å². The molecule has 1 N–H and O–H groups in total. The van der Waals surface area contributed by atoms with Crippen LogP contribution in [0.2, 0.25) is 0 Å². The lowest BCUT2D eigenvalue weighted by Crippen LogP contribution is -2.01. The largest absolute Gasteiger partial charge is 0.480 e. The van der Waals surface area contributed by atoms with E-state index in [0.29, 0.717) is 0 Å². The molecule has 0 aromatic carbocycles. The SMILES string of the molecule is O=C(O)COP(=O)=O. The topological polar surface area (TPSA) is 80.7 Å². The van der Waals surface area contributed by atoms with Crippen LogP contribution in [0.5, 0.6) is 0 Å². The fourth-order valence-electron chi connectivity index (χ4n) is 0.108. The molecule has 6 heteroatoms. The van der Waals surface area contributed by atoms with Crippen molar-refractivity contribution in [2.75, 3.05) is 6.61 Å². The van der Waals surface area contributed by atoms with Crippen LogP contribution in [0.1, 0.15) is 0 Å². The fourth-order valence-corrected chi connectivity index (χ4v) is 0.324. The molecular formula is C2H3O5P. The molecule has 8 heavy (non-hydrogen) atoms. The quantitative estimate of drug-likeness (QED) is 0.562. The van der Waals surface area contributed by atoms with Crippen molar-refractivity contribution in [2.45, 2.75) is 0 Å². The van der Waals surface area contributed by atoms with Crippen molar-refractivity contribution in [3.8, 4) is 0 Å². The maximum atomic E-state index is 9.51. The van der Waals surface area contributed by atoms with E-state index >= 15 is 0 Å². The van der Waals surface area contributed by atoms with Crippen molar-refractivity contribution in [3.05, 3.63) is 0 Å². The summed E-state index contributed by atoms with van der Waals surface area (Å²) in [6.45, 7) is -0.793. The van der Waals surface area contributed by atoms with E-state index in [1.165, 1.54) is 0 Å². The third kappa shape index (κ3) is 5.33. The number of aliphatic carboxylic acids is 1. The molecule has 0 aromatic heterocycles. The summed E-state index contributed by atoms with van der Waals surface area (Å²) in [5, 5.41) is 7.77. The van der Waals surface area contributed by atoms with Crippen LogP contribution in [0.25, 0.3) is 0 Å². The van der Waals surface area contributed by atoms with Crippen LogP contribution >= 0.6 is 7.91 Å². The van der Waals surface area contributed by atoms with Crippen molar-refractivity contribution in [3.63, 3.8) is 0 Å². The Hall–Kier alpha value is -0.670. The molecule has 46 valence electrons. The van der Waals surface area contributed by atoms with Crippen molar-refractivity contribution in [1.82, 2.24) is 0 Å². The molecule has 0 rings (SSSR count). The molecule has 0 aliphatic carbocycles. The monoisotopic (exact) mass is 138 g/mol. The first kappa shape index (κ1) is 7.33. The number of carboxylic acid groups (broad SMARTS) is 1. The van der Waals surface area contributed by atoms with Crippen LogP contribution in [0, 0.1) is 0 Å². The fraction of sp³-hybridized carbons (Fsp3) is 0.500. The van der Waals surface area contributed by atoms with Gasteiger partial charge in [0, 0.05) is 0 Å². The third-order valence-electron chi connectivity index (χ3n) is 0.293. The predicted molar refractivity (Wildman–Crippen MR) is 21.9 cm³/mol. The van der Waals surface area contributed by atoms with Gasteiger partial charge in [0.2, 0.25) is 0 Å². The Morgan fingerprint density at radius 3 is 2.25 bits per heavy atom. The first-order valence-corrected chi connectivity index (χ1v) is 2.71. The van der Waals surface area contributed by atoms with Crippen molar-refractivity contribution >= 4 is 13.9 Å². The van der Waals surface area contributed by atoms with Gasteiger partial charge in [-0.2, -0.15) is 0 Å². The Kier molecular flexibility index (Phi) is 3.07. The number of rotatable bonds is 3. The number of carbonyl (C=O) groups is 1. The molecule has 0 radical (unpaired) electrons. The zero-order valence-corrected chi connectivity index (χ0v) is 4.63. The second-order valence-corrected chi connectivity index (χ2v) is 1.60.